The predicted molar refractivity (Wildman–Crippen MR) is 95.7 cm³/mol. The molecule has 6 heteroatoms. The molecule has 1 saturated carbocycles. The van der Waals surface area contributed by atoms with Crippen molar-refractivity contribution >= 4 is 17.1 Å². The maximum atomic E-state index is 12.7. The van der Waals surface area contributed by atoms with E-state index in [-0.39, 0.29) is 11.9 Å². The van der Waals surface area contributed by atoms with Crippen molar-refractivity contribution in [2.75, 3.05) is 0 Å². The van der Waals surface area contributed by atoms with Gasteiger partial charge in [0.25, 0.3) is 5.91 Å². The van der Waals surface area contributed by atoms with Crippen LogP contribution in [0.3, 0.4) is 0 Å². The van der Waals surface area contributed by atoms with E-state index in [9.17, 15) is 4.79 Å². The molecule has 1 aromatic carbocycles. The van der Waals surface area contributed by atoms with E-state index < -0.39 is 0 Å². The molecule has 3 aromatic rings. The number of aromatic nitrogens is 4. The van der Waals surface area contributed by atoms with Gasteiger partial charge in [-0.2, -0.15) is 4.68 Å². The summed E-state index contributed by atoms with van der Waals surface area (Å²) in [5.41, 5.74) is 3.82. The summed E-state index contributed by atoms with van der Waals surface area (Å²) in [6.07, 6.45) is 7.52. The molecule has 1 aliphatic rings. The molecule has 1 fully saturated rings. The van der Waals surface area contributed by atoms with Crippen LogP contribution in [0, 0.1) is 6.92 Å². The van der Waals surface area contributed by atoms with E-state index >= 15 is 0 Å². The van der Waals surface area contributed by atoms with Gasteiger partial charge in [-0.3, -0.25) is 4.79 Å². The van der Waals surface area contributed by atoms with Gasteiger partial charge in [0.2, 0.25) is 0 Å². The van der Waals surface area contributed by atoms with Crippen molar-refractivity contribution in [1.29, 1.82) is 0 Å². The molecule has 6 nitrogen and oxygen atoms in total. The number of nitrogens with one attached hydrogen (secondary N) is 1. The first-order chi connectivity index (χ1) is 12.2. The van der Waals surface area contributed by atoms with Crippen LogP contribution < -0.4 is 5.32 Å². The minimum atomic E-state index is -0.0105. The minimum absolute atomic E-state index is 0.0105. The number of hydrogen-bond acceptors (Lipinski definition) is 4. The zero-order valence-electron chi connectivity index (χ0n) is 14.3. The Kier molecular flexibility index (Phi) is 4.17. The molecule has 2 aromatic heterocycles. The number of hydrogen-bond donors (Lipinski definition) is 1. The zero-order chi connectivity index (χ0) is 17.2. The summed E-state index contributed by atoms with van der Waals surface area (Å²) in [6, 6.07) is 9.69. The van der Waals surface area contributed by atoms with Gasteiger partial charge in [-0.25, -0.2) is 4.98 Å². The van der Waals surface area contributed by atoms with Crippen LogP contribution in [0.2, 0.25) is 0 Å². The van der Waals surface area contributed by atoms with E-state index in [0.29, 0.717) is 11.2 Å². The minimum Gasteiger partial charge on any atom is -0.349 e. The van der Waals surface area contributed by atoms with Crippen LogP contribution in [0.15, 0.2) is 36.5 Å². The zero-order valence-corrected chi connectivity index (χ0v) is 14.3. The average Bonchev–Trinajstić information content (AvgIpc) is 3.07. The van der Waals surface area contributed by atoms with Gasteiger partial charge in [0, 0.05) is 17.8 Å². The molecule has 25 heavy (non-hydrogen) atoms. The highest BCUT2D eigenvalue weighted by Gasteiger charge is 2.19. The van der Waals surface area contributed by atoms with E-state index in [1.54, 1.807) is 10.9 Å². The van der Waals surface area contributed by atoms with Gasteiger partial charge in [0.15, 0.2) is 5.65 Å². The van der Waals surface area contributed by atoms with Crippen LogP contribution in [-0.2, 0) is 0 Å². The molecule has 1 N–H and O–H groups in total. The van der Waals surface area contributed by atoms with Crippen LogP contribution in [0.4, 0.5) is 0 Å². The molecular weight excluding hydrogens is 314 g/mol. The summed E-state index contributed by atoms with van der Waals surface area (Å²) in [5.74, 6) is -0.0105. The fraction of sp³-hybridized carbons (Fsp3) is 0.368. The number of rotatable bonds is 3. The quantitative estimate of drug-likeness (QED) is 0.798. The second kappa shape index (κ2) is 6.63. The van der Waals surface area contributed by atoms with Crippen LogP contribution in [0.25, 0.3) is 16.9 Å². The first kappa shape index (κ1) is 15.7. The van der Waals surface area contributed by atoms with Gasteiger partial charge in [-0.1, -0.05) is 30.5 Å². The Morgan fingerprint density at radius 2 is 2.00 bits per heavy atom. The summed E-state index contributed by atoms with van der Waals surface area (Å²) < 4.78 is 1.70. The van der Waals surface area contributed by atoms with Gasteiger partial charge < -0.3 is 5.32 Å². The third kappa shape index (κ3) is 2.99. The molecular formula is C19H21N5O. The Bertz CT molecular complexity index is 911. The number of carbonyl (C=O) groups is 1. The molecule has 0 radical (unpaired) electrons. The SMILES string of the molecule is Cc1c(C(=O)NC2CCCCC2)cccc1-n1nnc2cccnc21. The van der Waals surface area contributed by atoms with Gasteiger partial charge in [0.05, 0.1) is 5.69 Å². The molecule has 1 aliphatic carbocycles. The Morgan fingerprint density at radius 1 is 1.16 bits per heavy atom. The lowest BCUT2D eigenvalue weighted by atomic mass is 9.95. The highest BCUT2D eigenvalue weighted by atomic mass is 16.1. The maximum Gasteiger partial charge on any atom is 0.251 e. The van der Waals surface area contributed by atoms with Gasteiger partial charge in [0.1, 0.15) is 5.52 Å². The number of fused-ring (bicyclic) bond motifs is 1. The molecule has 1 amide bonds. The van der Waals surface area contributed by atoms with Crippen molar-refractivity contribution < 1.29 is 4.79 Å². The molecule has 0 aliphatic heterocycles. The number of amides is 1. The lowest BCUT2D eigenvalue weighted by Gasteiger charge is -2.23. The molecule has 2 heterocycles. The fourth-order valence-corrected chi connectivity index (χ4v) is 3.54. The third-order valence-corrected chi connectivity index (χ3v) is 4.93. The molecule has 128 valence electrons. The number of pyridine rings is 1. The molecule has 0 spiro atoms. The monoisotopic (exact) mass is 335 g/mol. The number of carbonyl (C=O) groups excluding carboxylic acids is 1. The van der Waals surface area contributed by atoms with Gasteiger partial charge >= 0.3 is 0 Å². The van der Waals surface area contributed by atoms with Crippen LogP contribution in [0.1, 0.15) is 48.0 Å². The Labute approximate surface area is 146 Å². The molecule has 4 rings (SSSR count). The van der Waals surface area contributed by atoms with Crippen molar-refractivity contribution in [1.82, 2.24) is 25.3 Å². The standard InChI is InChI=1S/C19H21N5O/c1-13-15(19(25)21-14-7-3-2-4-8-14)9-5-11-17(13)24-18-16(22-23-24)10-6-12-20-18/h5-6,9-12,14H,2-4,7-8H2,1H3,(H,21,25). The molecule has 0 bridgehead atoms. The first-order valence-electron chi connectivity index (χ1n) is 8.81. The first-order valence-corrected chi connectivity index (χ1v) is 8.81. The summed E-state index contributed by atoms with van der Waals surface area (Å²) in [4.78, 5) is 17.1. The normalized spacial score (nSPS) is 15.4. The molecule has 0 atom stereocenters. The van der Waals surface area contributed by atoms with E-state index in [4.69, 9.17) is 0 Å². The fourth-order valence-electron chi connectivity index (χ4n) is 3.54. The van der Waals surface area contributed by atoms with E-state index in [1.165, 1.54) is 19.3 Å². The van der Waals surface area contributed by atoms with Crippen molar-refractivity contribution in [3.63, 3.8) is 0 Å². The van der Waals surface area contributed by atoms with Crippen molar-refractivity contribution in [3.05, 3.63) is 47.7 Å². The topological polar surface area (TPSA) is 72.7 Å². The van der Waals surface area contributed by atoms with Crippen molar-refractivity contribution in [2.24, 2.45) is 0 Å². The second-order valence-corrected chi connectivity index (χ2v) is 6.61. The van der Waals surface area contributed by atoms with E-state index in [1.807, 2.05) is 37.3 Å². The van der Waals surface area contributed by atoms with E-state index in [0.717, 1.165) is 29.6 Å². The van der Waals surface area contributed by atoms with E-state index in [2.05, 4.69) is 20.6 Å². The average molecular weight is 335 g/mol. The maximum absolute atomic E-state index is 12.7. The smallest absolute Gasteiger partial charge is 0.251 e. The third-order valence-electron chi connectivity index (χ3n) is 4.93. The predicted octanol–water partition coefficient (Wildman–Crippen LogP) is 3.19. The molecule has 0 saturated heterocycles. The second-order valence-electron chi connectivity index (χ2n) is 6.61. The van der Waals surface area contributed by atoms with Crippen LogP contribution in [0.5, 0.6) is 0 Å². The highest BCUT2D eigenvalue weighted by molar-refractivity contribution is 5.96. The van der Waals surface area contributed by atoms with Crippen molar-refractivity contribution in [2.45, 2.75) is 45.1 Å². The molecule has 0 unspecified atom stereocenters. The Morgan fingerprint density at radius 3 is 2.84 bits per heavy atom. The Balaban J connectivity index is 1.67. The summed E-state index contributed by atoms with van der Waals surface area (Å²) in [7, 11) is 0. The van der Waals surface area contributed by atoms with Crippen LogP contribution >= 0.6 is 0 Å². The summed E-state index contributed by atoms with van der Waals surface area (Å²) in [5, 5.41) is 11.6. The van der Waals surface area contributed by atoms with Crippen LogP contribution in [-0.4, -0.2) is 31.9 Å². The lowest BCUT2D eigenvalue weighted by molar-refractivity contribution is 0.0927. The number of nitrogens with zero attached hydrogens (tertiary/aromatic N) is 4. The summed E-state index contributed by atoms with van der Waals surface area (Å²) in [6.45, 7) is 1.95. The highest BCUT2D eigenvalue weighted by Crippen LogP contribution is 2.22. The summed E-state index contributed by atoms with van der Waals surface area (Å²) >= 11 is 0. The number of benzene rings is 1. The van der Waals surface area contributed by atoms with Crippen molar-refractivity contribution in [3.8, 4) is 5.69 Å². The largest absolute Gasteiger partial charge is 0.349 e. The lowest BCUT2D eigenvalue weighted by Crippen LogP contribution is -2.36. The Hall–Kier alpha value is -2.76. The van der Waals surface area contributed by atoms with Gasteiger partial charge in [-0.15, -0.1) is 5.10 Å². The van der Waals surface area contributed by atoms with Gasteiger partial charge in [-0.05, 0) is 49.6 Å².